The summed E-state index contributed by atoms with van der Waals surface area (Å²) in [7, 11) is 1.74. The highest BCUT2D eigenvalue weighted by Gasteiger charge is 2.28. The third kappa shape index (κ3) is 3.87. The molecule has 0 aliphatic rings. The fraction of sp³-hybridized carbons (Fsp3) is 0.462. The Hall–Kier alpha value is -0.770. The van der Waals surface area contributed by atoms with Crippen molar-refractivity contribution < 1.29 is 4.79 Å². The molecule has 0 bridgehead atoms. The maximum atomic E-state index is 12.1. The van der Waals surface area contributed by atoms with E-state index in [4.69, 9.17) is 28.9 Å². The molecule has 0 saturated carbocycles. The molecule has 0 radical (unpaired) electrons. The zero-order valence-electron chi connectivity index (χ0n) is 10.8. The largest absolute Gasteiger partial charge is 0.341 e. The van der Waals surface area contributed by atoms with Gasteiger partial charge >= 0.3 is 0 Å². The van der Waals surface area contributed by atoms with Crippen molar-refractivity contribution in [3.05, 3.63) is 33.8 Å². The molecule has 0 fully saturated rings. The van der Waals surface area contributed by atoms with Crippen LogP contribution in [0.2, 0.25) is 10.0 Å². The average Bonchev–Trinajstić information content (AvgIpc) is 2.26. The minimum Gasteiger partial charge on any atom is -0.341 e. The Bertz CT molecular complexity index is 426. The van der Waals surface area contributed by atoms with Crippen LogP contribution >= 0.6 is 23.2 Å². The molecule has 1 rings (SSSR count). The first kappa shape index (κ1) is 15.3. The first-order chi connectivity index (χ1) is 8.26. The van der Waals surface area contributed by atoms with Gasteiger partial charge in [-0.15, -0.1) is 0 Å². The van der Waals surface area contributed by atoms with Gasteiger partial charge in [-0.2, -0.15) is 0 Å². The molecule has 1 aromatic carbocycles. The molecule has 0 atom stereocenters. The molecule has 1 amide bonds. The van der Waals surface area contributed by atoms with E-state index in [0.717, 1.165) is 5.56 Å². The lowest BCUT2D eigenvalue weighted by Gasteiger charge is -2.28. The van der Waals surface area contributed by atoms with Crippen LogP contribution in [0.1, 0.15) is 19.4 Å². The van der Waals surface area contributed by atoms with Crippen LogP contribution in [0, 0.1) is 5.41 Å². The van der Waals surface area contributed by atoms with Crippen LogP contribution in [0.5, 0.6) is 0 Å². The zero-order chi connectivity index (χ0) is 13.9. The number of halogens is 2. The maximum absolute atomic E-state index is 12.1. The molecular formula is C13H18Cl2N2O. The Morgan fingerprint density at radius 3 is 2.22 bits per heavy atom. The first-order valence-electron chi connectivity index (χ1n) is 5.67. The number of benzene rings is 1. The number of hydrogen-bond donors (Lipinski definition) is 1. The highest BCUT2D eigenvalue weighted by atomic mass is 35.5. The standard InChI is InChI=1S/C13H18Cl2N2O/c1-13(2,8-16)12(18)17(3)7-9-4-10(14)6-11(15)5-9/h4-6H,7-8,16H2,1-3H3. The third-order valence-electron chi connectivity index (χ3n) is 2.78. The van der Waals surface area contributed by atoms with Crippen molar-refractivity contribution in [2.45, 2.75) is 20.4 Å². The molecule has 0 aliphatic heterocycles. The molecule has 0 aromatic heterocycles. The highest BCUT2D eigenvalue weighted by Crippen LogP contribution is 2.22. The highest BCUT2D eigenvalue weighted by molar-refractivity contribution is 6.34. The van der Waals surface area contributed by atoms with Gasteiger partial charge in [-0.05, 0) is 37.6 Å². The van der Waals surface area contributed by atoms with Gasteiger partial charge in [-0.3, -0.25) is 4.79 Å². The van der Waals surface area contributed by atoms with Gasteiger partial charge in [0.2, 0.25) is 5.91 Å². The second-order valence-corrected chi connectivity index (χ2v) is 5.90. The lowest BCUT2D eigenvalue weighted by molar-refractivity contribution is -0.139. The van der Waals surface area contributed by atoms with Gasteiger partial charge < -0.3 is 10.6 Å². The number of nitrogens with zero attached hydrogens (tertiary/aromatic N) is 1. The molecule has 5 heteroatoms. The number of amides is 1. The number of carbonyl (C=O) groups is 1. The van der Waals surface area contributed by atoms with Crippen molar-refractivity contribution in [3.8, 4) is 0 Å². The number of hydrogen-bond acceptors (Lipinski definition) is 2. The normalized spacial score (nSPS) is 11.4. The second kappa shape index (κ2) is 5.91. The van der Waals surface area contributed by atoms with E-state index >= 15 is 0 Å². The Morgan fingerprint density at radius 1 is 1.28 bits per heavy atom. The van der Waals surface area contributed by atoms with E-state index in [1.165, 1.54) is 0 Å². The Kier molecular flexibility index (Phi) is 5.02. The molecule has 100 valence electrons. The van der Waals surface area contributed by atoms with Crippen LogP contribution in [-0.4, -0.2) is 24.4 Å². The predicted octanol–water partition coefficient (Wildman–Crippen LogP) is 2.94. The van der Waals surface area contributed by atoms with Gasteiger partial charge in [0.05, 0.1) is 5.41 Å². The van der Waals surface area contributed by atoms with Gasteiger partial charge in [0, 0.05) is 30.2 Å². The fourth-order valence-corrected chi connectivity index (χ4v) is 2.22. The number of rotatable bonds is 4. The minimum atomic E-state index is -0.558. The van der Waals surface area contributed by atoms with Crippen molar-refractivity contribution >= 4 is 29.1 Å². The van der Waals surface area contributed by atoms with Crippen LogP contribution < -0.4 is 5.73 Å². The van der Waals surface area contributed by atoms with Gasteiger partial charge in [0.15, 0.2) is 0 Å². The summed E-state index contributed by atoms with van der Waals surface area (Å²) in [5.41, 5.74) is 5.94. The summed E-state index contributed by atoms with van der Waals surface area (Å²) in [6.07, 6.45) is 0. The van der Waals surface area contributed by atoms with E-state index in [1.807, 2.05) is 13.8 Å². The molecule has 0 unspecified atom stereocenters. The summed E-state index contributed by atoms with van der Waals surface area (Å²) in [4.78, 5) is 13.8. The number of carbonyl (C=O) groups excluding carboxylic acids is 1. The lowest BCUT2D eigenvalue weighted by Crippen LogP contribution is -2.42. The molecule has 3 nitrogen and oxygen atoms in total. The molecule has 2 N–H and O–H groups in total. The van der Waals surface area contributed by atoms with Gasteiger partial charge in [0.25, 0.3) is 0 Å². The summed E-state index contributed by atoms with van der Waals surface area (Å²) < 4.78 is 0. The molecule has 0 aliphatic carbocycles. The topological polar surface area (TPSA) is 46.3 Å². The van der Waals surface area contributed by atoms with Crippen LogP contribution in [0.15, 0.2) is 18.2 Å². The maximum Gasteiger partial charge on any atom is 0.229 e. The SMILES string of the molecule is CN(Cc1cc(Cl)cc(Cl)c1)C(=O)C(C)(C)CN. The van der Waals surface area contributed by atoms with Gasteiger partial charge in [-0.1, -0.05) is 23.2 Å². The van der Waals surface area contributed by atoms with Crippen molar-refractivity contribution in [1.82, 2.24) is 4.90 Å². The summed E-state index contributed by atoms with van der Waals surface area (Å²) in [6, 6.07) is 5.26. The summed E-state index contributed by atoms with van der Waals surface area (Å²) in [5, 5.41) is 1.13. The predicted molar refractivity (Wildman–Crippen MR) is 75.8 cm³/mol. The Labute approximate surface area is 118 Å². The van der Waals surface area contributed by atoms with E-state index in [0.29, 0.717) is 23.1 Å². The van der Waals surface area contributed by atoms with Crippen molar-refractivity contribution in [1.29, 1.82) is 0 Å². The van der Waals surface area contributed by atoms with Crippen molar-refractivity contribution in [3.63, 3.8) is 0 Å². The lowest BCUT2D eigenvalue weighted by atomic mass is 9.92. The van der Waals surface area contributed by atoms with E-state index in [1.54, 1.807) is 30.1 Å². The molecule has 1 aromatic rings. The van der Waals surface area contributed by atoms with Crippen LogP contribution in [0.3, 0.4) is 0 Å². The summed E-state index contributed by atoms with van der Waals surface area (Å²) in [5.74, 6) is 0.00102. The fourth-order valence-electron chi connectivity index (χ4n) is 1.65. The van der Waals surface area contributed by atoms with E-state index in [9.17, 15) is 4.79 Å². The quantitative estimate of drug-likeness (QED) is 0.926. The zero-order valence-corrected chi connectivity index (χ0v) is 12.3. The average molecular weight is 289 g/mol. The molecule has 0 saturated heterocycles. The van der Waals surface area contributed by atoms with Crippen LogP contribution in [-0.2, 0) is 11.3 Å². The van der Waals surface area contributed by atoms with E-state index < -0.39 is 5.41 Å². The van der Waals surface area contributed by atoms with E-state index in [2.05, 4.69) is 0 Å². The molecule has 0 heterocycles. The molecule has 0 spiro atoms. The smallest absolute Gasteiger partial charge is 0.229 e. The monoisotopic (exact) mass is 288 g/mol. The Balaban J connectivity index is 2.81. The van der Waals surface area contributed by atoms with E-state index in [-0.39, 0.29) is 5.91 Å². The Morgan fingerprint density at radius 2 is 1.78 bits per heavy atom. The van der Waals surface area contributed by atoms with Crippen molar-refractivity contribution in [2.24, 2.45) is 11.1 Å². The first-order valence-corrected chi connectivity index (χ1v) is 6.42. The van der Waals surface area contributed by atoms with Crippen LogP contribution in [0.4, 0.5) is 0 Å². The summed E-state index contributed by atoms with van der Waals surface area (Å²) in [6.45, 7) is 4.43. The second-order valence-electron chi connectivity index (χ2n) is 5.03. The van der Waals surface area contributed by atoms with Gasteiger partial charge in [-0.25, -0.2) is 0 Å². The minimum absolute atomic E-state index is 0.00102. The molecular weight excluding hydrogens is 271 g/mol. The van der Waals surface area contributed by atoms with Crippen molar-refractivity contribution in [2.75, 3.05) is 13.6 Å². The third-order valence-corrected chi connectivity index (χ3v) is 3.21. The van der Waals surface area contributed by atoms with Gasteiger partial charge in [0.1, 0.15) is 0 Å². The molecule has 18 heavy (non-hydrogen) atoms. The van der Waals surface area contributed by atoms with Crippen LogP contribution in [0.25, 0.3) is 0 Å². The summed E-state index contributed by atoms with van der Waals surface area (Å²) >= 11 is 11.8. The number of nitrogens with two attached hydrogens (primary N) is 1.